The van der Waals surface area contributed by atoms with Gasteiger partial charge in [0.1, 0.15) is 5.82 Å². The summed E-state index contributed by atoms with van der Waals surface area (Å²) in [6.07, 6.45) is 4.97. The Kier molecular flexibility index (Phi) is 3.38. The molecular formula is C11H19N3O. The van der Waals surface area contributed by atoms with E-state index < -0.39 is 0 Å². The van der Waals surface area contributed by atoms with E-state index >= 15 is 0 Å². The van der Waals surface area contributed by atoms with E-state index in [1.807, 2.05) is 6.20 Å². The third-order valence-corrected chi connectivity index (χ3v) is 3.16. The largest absolute Gasteiger partial charge is 0.396 e. The molecule has 2 rings (SSSR count). The van der Waals surface area contributed by atoms with Gasteiger partial charge in [-0.1, -0.05) is 0 Å². The molecule has 0 bridgehead atoms. The van der Waals surface area contributed by atoms with Crippen LogP contribution in [0, 0.1) is 0 Å². The lowest BCUT2D eigenvalue weighted by molar-refractivity contribution is 0.253. The second kappa shape index (κ2) is 4.77. The van der Waals surface area contributed by atoms with Gasteiger partial charge in [-0.2, -0.15) is 0 Å². The van der Waals surface area contributed by atoms with Gasteiger partial charge in [-0.25, -0.2) is 4.98 Å². The number of piperidine rings is 1. The summed E-state index contributed by atoms with van der Waals surface area (Å²) in [5.74, 6) is 1.53. The molecule has 0 saturated carbocycles. The van der Waals surface area contributed by atoms with Crippen LogP contribution in [0.15, 0.2) is 6.20 Å². The molecule has 0 spiro atoms. The van der Waals surface area contributed by atoms with Crippen molar-refractivity contribution in [3.63, 3.8) is 0 Å². The van der Waals surface area contributed by atoms with E-state index in [0.29, 0.717) is 12.3 Å². The predicted molar refractivity (Wildman–Crippen MR) is 58.8 cm³/mol. The Morgan fingerprint density at radius 1 is 1.53 bits per heavy atom. The van der Waals surface area contributed by atoms with Gasteiger partial charge >= 0.3 is 0 Å². The van der Waals surface area contributed by atoms with Gasteiger partial charge in [-0.3, -0.25) is 0 Å². The number of aliphatic hydroxyl groups excluding tert-OH is 1. The number of aliphatic hydroxyl groups is 1. The van der Waals surface area contributed by atoms with Crippen molar-refractivity contribution in [2.75, 3.05) is 26.7 Å². The summed E-state index contributed by atoms with van der Waals surface area (Å²) in [5, 5.41) is 8.81. The standard InChI is InChI=1S/C11H19N3O/c1-14-5-2-9(3-6-14)10-8-12-11(13-10)4-7-15/h8-9,15H,2-7H2,1H3,(H,12,13). The molecule has 4 heteroatoms. The third kappa shape index (κ3) is 2.58. The first-order chi connectivity index (χ1) is 7.29. The smallest absolute Gasteiger partial charge is 0.108 e. The summed E-state index contributed by atoms with van der Waals surface area (Å²) in [4.78, 5) is 9.94. The zero-order valence-electron chi connectivity index (χ0n) is 9.24. The van der Waals surface area contributed by atoms with Gasteiger partial charge in [0.05, 0.1) is 6.61 Å². The average molecular weight is 209 g/mol. The van der Waals surface area contributed by atoms with Crippen LogP contribution in [0.3, 0.4) is 0 Å². The Hall–Kier alpha value is -0.870. The SMILES string of the molecule is CN1CCC(c2cnc(CCO)[nH]2)CC1. The molecule has 0 aromatic carbocycles. The zero-order chi connectivity index (χ0) is 10.7. The molecule has 1 saturated heterocycles. The molecule has 0 unspecified atom stereocenters. The molecule has 0 aliphatic carbocycles. The summed E-state index contributed by atoms with van der Waals surface area (Å²) < 4.78 is 0. The van der Waals surface area contributed by atoms with Crippen LogP contribution in [0.2, 0.25) is 0 Å². The molecule has 1 fully saturated rings. The van der Waals surface area contributed by atoms with E-state index in [9.17, 15) is 0 Å². The predicted octanol–water partition coefficient (Wildman–Crippen LogP) is 0.754. The molecule has 0 radical (unpaired) electrons. The second-order valence-electron chi connectivity index (χ2n) is 4.34. The topological polar surface area (TPSA) is 52.1 Å². The third-order valence-electron chi connectivity index (χ3n) is 3.16. The lowest BCUT2D eigenvalue weighted by atomic mass is 9.94. The van der Waals surface area contributed by atoms with Gasteiger partial charge in [0.2, 0.25) is 0 Å². The molecule has 1 aliphatic heterocycles. The van der Waals surface area contributed by atoms with Gasteiger partial charge in [-0.05, 0) is 33.0 Å². The van der Waals surface area contributed by atoms with Crippen LogP contribution in [0.4, 0.5) is 0 Å². The quantitative estimate of drug-likeness (QED) is 0.772. The lowest BCUT2D eigenvalue weighted by Gasteiger charge is -2.28. The summed E-state index contributed by atoms with van der Waals surface area (Å²) in [6, 6.07) is 0. The van der Waals surface area contributed by atoms with Crippen molar-refractivity contribution in [3.05, 3.63) is 17.7 Å². The number of hydrogen-bond acceptors (Lipinski definition) is 3. The maximum Gasteiger partial charge on any atom is 0.108 e. The van der Waals surface area contributed by atoms with Crippen molar-refractivity contribution < 1.29 is 5.11 Å². The van der Waals surface area contributed by atoms with Crippen LogP contribution in [0.5, 0.6) is 0 Å². The van der Waals surface area contributed by atoms with E-state index in [1.165, 1.54) is 31.6 Å². The summed E-state index contributed by atoms with van der Waals surface area (Å²) in [7, 11) is 2.17. The van der Waals surface area contributed by atoms with E-state index in [1.54, 1.807) is 0 Å². The fraction of sp³-hybridized carbons (Fsp3) is 0.727. The number of rotatable bonds is 3. The fourth-order valence-electron chi connectivity index (χ4n) is 2.14. The maximum atomic E-state index is 8.81. The average Bonchev–Trinajstić information content (AvgIpc) is 2.68. The molecule has 1 aliphatic rings. The molecule has 2 heterocycles. The highest BCUT2D eigenvalue weighted by atomic mass is 16.3. The van der Waals surface area contributed by atoms with Gasteiger partial charge in [0, 0.05) is 24.2 Å². The molecular weight excluding hydrogens is 190 g/mol. The van der Waals surface area contributed by atoms with Gasteiger partial charge in [0.15, 0.2) is 0 Å². The highest BCUT2D eigenvalue weighted by molar-refractivity contribution is 5.09. The minimum atomic E-state index is 0.167. The lowest BCUT2D eigenvalue weighted by Crippen LogP contribution is -2.29. The fourth-order valence-corrected chi connectivity index (χ4v) is 2.14. The van der Waals surface area contributed by atoms with Gasteiger partial charge < -0.3 is 15.0 Å². The Bertz CT molecular complexity index is 303. The highest BCUT2D eigenvalue weighted by Crippen LogP contribution is 2.25. The Labute approximate surface area is 90.3 Å². The van der Waals surface area contributed by atoms with Crippen molar-refractivity contribution in [1.29, 1.82) is 0 Å². The summed E-state index contributed by atoms with van der Waals surface area (Å²) in [5.41, 5.74) is 1.24. The number of hydrogen-bond donors (Lipinski definition) is 2. The molecule has 15 heavy (non-hydrogen) atoms. The molecule has 4 nitrogen and oxygen atoms in total. The monoisotopic (exact) mass is 209 g/mol. The number of imidazole rings is 1. The van der Waals surface area contributed by atoms with Crippen molar-refractivity contribution in [3.8, 4) is 0 Å². The van der Waals surface area contributed by atoms with Crippen LogP contribution in [0.1, 0.15) is 30.3 Å². The van der Waals surface area contributed by atoms with Crippen LogP contribution in [-0.2, 0) is 6.42 Å². The summed E-state index contributed by atoms with van der Waals surface area (Å²) in [6.45, 7) is 2.50. The van der Waals surface area contributed by atoms with Crippen molar-refractivity contribution in [2.24, 2.45) is 0 Å². The number of aromatic amines is 1. The first-order valence-corrected chi connectivity index (χ1v) is 5.63. The number of nitrogens with one attached hydrogen (secondary N) is 1. The normalized spacial score (nSPS) is 19.6. The maximum absolute atomic E-state index is 8.81. The Morgan fingerprint density at radius 2 is 2.27 bits per heavy atom. The Balaban J connectivity index is 1.96. The molecule has 1 aromatic heterocycles. The first-order valence-electron chi connectivity index (χ1n) is 5.63. The van der Waals surface area contributed by atoms with Crippen molar-refractivity contribution in [2.45, 2.75) is 25.2 Å². The van der Waals surface area contributed by atoms with Gasteiger partial charge in [0.25, 0.3) is 0 Å². The number of nitrogens with zero attached hydrogens (tertiary/aromatic N) is 2. The van der Waals surface area contributed by atoms with Crippen LogP contribution in [-0.4, -0.2) is 46.7 Å². The summed E-state index contributed by atoms with van der Waals surface area (Å²) >= 11 is 0. The minimum Gasteiger partial charge on any atom is -0.396 e. The van der Waals surface area contributed by atoms with Crippen LogP contribution < -0.4 is 0 Å². The van der Waals surface area contributed by atoms with Gasteiger partial charge in [-0.15, -0.1) is 0 Å². The van der Waals surface area contributed by atoms with E-state index in [4.69, 9.17) is 5.11 Å². The number of H-pyrrole nitrogens is 1. The minimum absolute atomic E-state index is 0.167. The molecule has 0 atom stereocenters. The van der Waals surface area contributed by atoms with Crippen molar-refractivity contribution in [1.82, 2.24) is 14.9 Å². The van der Waals surface area contributed by atoms with Crippen LogP contribution in [0.25, 0.3) is 0 Å². The van der Waals surface area contributed by atoms with Crippen molar-refractivity contribution >= 4 is 0 Å². The molecule has 2 N–H and O–H groups in total. The highest BCUT2D eigenvalue weighted by Gasteiger charge is 2.19. The van der Waals surface area contributed by atoms with E-state index in [0.717, 1.165) is 5.82 Å². The number of aromatic nitrogens is 2. The molecule has 1 aromatic rings. The molecule has 0 amide bonds. The molecule has 84 valence electrons. The Morgan fingerprint density at radius 3 is 2.93 bits per heavy atom. The second-order valence-corrected chi connectivity index (χ2v) is 4.34. The van der Waals surface area contributed by atoms with E-state index in [2.05, 4.69) is 21.9 Å². The van der Waals surface area contributed by atoms with Crippen LogP contribution >= 0.6 is 0 Å². The van der Waals surface area contributed by atoms with E-state index in [-0.39, 0.29) is 6.61 Å². The number of likely N-dealkylation sites (tertiary alicyclic amines) is 1. The zero-order valence-corrected chi connectivity index (χ0v) is 9.24. The first kappa shape index (κ1) is 10.6.